The molecule has 0 spiro atoms. The van der Waals surface area contributed by atoms with Gasteiger partial charge < -0.3 is 9.84 Å². The van der Waals surface area contributed by atoms with E-state index in [0.29, 0.717) is 18.1 Å². The number of nitrogens with one attached hydrogen (secondary N) is 1. The maximum atomic E-state index is 11.9. The molecule has 0 aliphatic carbocycles. The molecule has 2 aromatic rings. The fraction of sp³-hybridized carbons (Fsp3) is 0.286. The molecule has 0 aliphatic rings. The first-order valence-electron chi connectivity index (χ1n) is 6.03. The lowest BCUT2D eigenvalue weighted by Gasteiger charge is -2.15. The van der Waals surface area contributed by atoms with Crippen molar-refractivity contribution >= 4 is 17.5 Å². The number of carbonyl (C=O) groups is 1. The summed E-state index contributed by atoms with van der Waals surface area (Å²) in [7, 11) is 0. The van der Waals surface area contributed by atoms with E-state index in [-0.39, 0.29) is 17.6 Å². The van der Waals surface area contributed by atoms with Crippen LogP contribution >= 0.6 is 11.6 Å². The molecule has 0 bridgehead atoms. The Bertz CT molecular complexity index is 539. The van der Waals surface area contributed by atoms with Crippen LogP contribution in [-0.2, 0) is 6.42 Å². The van der Waals surface area contributed by atoms with Crippen LogP contribution in [0.3, 0.4) is 0 Å². The van der Waals surface area contributed by atoms with E-state index >= 15 is 0 Å². The van der Waals surface area contributed by atoms with Crippen LogP contribution in [0.1, 0.15) is 21.8 Å². The van der Waals surface area contributed by atoms with Gasteiger partial charge in [-0.25, -0.2) is 0 Å². The minimum atomic E-state index is -0.265. The van der Waals surface area contributed by atoms with E-state index in [9.17, 15) is 4.79 Å². The van der Waals surface area contributed by atoms with E-state index in [0.717, 1.165) is 5.56 Å². The zero-order chi connectivity index (χ0) is 13.7. The van der Waals surface area contributed by atoms with Crippen molar-refractivity contribution in [3.8, 4) is 0 Å². The number of hydrogen-bond donors (Lipinski definition) is 1. The molecule has 100 valence electrons. The minimum absolute atomic E-state index is 0.131. The Morgan fingerprint density at radius 1 is 1.42 bits per heavy atom. The van der Waals surface area contributed by atoms with Crippen LogP contribution in [-0.4, -0.2) is 23.0 Å². The van der Waals surface area contributed by atoms with Crippen LogP contribution in [0.25, 0.3) is 0 Å². The van der Waals surface area contributed by atoms with Crippen LogP contribution < -0.4 is 5.32 Å². The Kier molecular flexibility index (Phi) is 4.58. The molecule has 0 radical (unpaired) electrons. The van der Waals surface area contributed by atoms with E-state index in [1.165, 1.54) is 0 Å². The molecule has 2 rings (SSSR count). The lowest BCUT2D eigenvalue weighted by atomic mass is 10.1. The summed E-state index contributed by atoms with van der Waals surface area (Å²) in [4.78, 5) is 11.9. The summed E-state index contributed by atoms with van der Waals surface area (Å²) in [5.74, 6) is 0.686. The molecular weight excluding hydrogens is 264 g/mol. The van der Waals surface area contributed by atoms with Crippen molar-refractivity contribution in [3.05, 3.63) is 53.4 Å². The molecule has 1 aromatic carbocycles. The Labute approximate surface area is 116 Å². The molecule has 19 heavy (non-hydrogen) atoms. The van der Waals surface area contributed by atoms with Crippen molar-refractivity contribution in [1.29, 1.82) is 0 Å². The fourth-order valence-electron chi connectivity index (χ4n) is 1.78. The third-order valence-corrected chi connectivity index (χ3v) is 3.08. The van der Waals surface area contributed by atoms with Crippen LogP contribution in [0.4, 0.5) is 0 Å². The van der Waals surface area contributed by atoms with Crippen molar-refractivity contribution in [2.75, 3.05) is 5.88 Å². The number of halogens is 1. The second-order valence-corrected chi connectivity index (χ2v) is 4.65. The molecule has 4 nitrogen and oxygen atoms in total. The smallest absolute Gasteiger partial charge is 0.273 e. The number of amides is 1. The molecule has 1 atom stereocenters. The van der Waals surface area contributed by atoms with E-state index in [1.807, 2.05) is 30.3 Å². The van der Waals surface area contributed by atoms with Crippen molar-refractivity contribution < 1.29 is 9.32 Å². The topological polar surface area (TPSA) is 55.1 Å². The van der Waals surface area contributed by atoms with Gasteiger partial charge in [-0.2, -0.15) is 0 Å². The highest BCUT2D eigenvalue weighted by atomic mass is 35.5. The summed E-state index contributed by atoms with van der Waals surface area (Å²) < 4.78 is 4.88. The fourth-order valence-corrected chi connectivity index (χ4v) is 1.96. The van der Waals surface area contributed by atoms with E-state index < -0.39 is 0 Å². The zero-order valence-electron chi connectivity index (χ0n) is 10.6. The van der Waals surface area contributed by atoms with Crippen molar-refractivity contribution in [2.24, 2.45) is 0 Å². The van der Waals surface area contributed by atoms with Gasteiger partial charge in [-0.3, -0.25) is 4.79 Å². The van der Waals surface area contributed by atoms with E-state index in [2.05, 4.69) is 10.5 Å². The molecule has 1 amide bonds. The summed E-state index contributed by atoms with van der Waals surface area (Å²) in [6, 6.07) is 11.4. The summed E-state index contributed by atoms with van der Waals surface area (Å²) in [6.45, 7) is 1.74. The molecule has 1 unspecified atom stereocenters. The van der Waals surface area contributed by atoms with Crippen LogP contribution in [0.5, 0.6) is 0 Å². The van der Waals surface area contributed by atoms with Gasteiger partial charge in [0, 0.05) is 18.0 Å². The largest absolute Gasteiger partial charge is 0.361 e. The maximum absolute atomic E-state index is 11.9. The van der Waals surface area contributed by atoms with Gasteiger partial charge in [-0.15, -0.1) is 11.6 Å². The number of benzene rings is 1. The second-order valence-electron chi connectivity index (χ2n) is 4.34. The van der Waals surface area contributed by atoms with Gasteiger partial charge in [-0.1, -0.05) is 35.5 Å². The van der Waals surface area contributed by atoms with Gasteiger partial charge in [0.15, 0.2) is 5.69 Å². The van der Waals surface area contributed by atoms with E-state index in [4.69, 9.17) is 16.1 Å². The number of hydrogen-bond acceptors (Lipinski definition) is 3. The number of alkyl halides is 1. The molecule has 1 aromatic heterocycles. The SMILES string of the molecule is Cc1cc(C(=O)NC(CCl)Cc2ccccc2)no1. The average Bonchev–Trinajstić information content (AvgIpc) is 2.86. The predicted octanol–water partition coefficient (Wildman–Crippen LogP) is 2.56. The number of nitrogens with zero attached hydrogens (tertiary/aromatic N) is 1. The molecule has 0 aliphatic heterocycles. The normalized spacial score (nSPS) is 12.1. The zero-order valence-corrected chi connectivity index (χ0v) is 11.4. The molecule has 1 heterocycles. The van der Waals surface area contributed by atoms with Crippen molar-refractivity contribution in [2.45, 2.75) is 19.4 Å². The maximum Gasteiger partial charge on any atom is 0.273 e. The summed E-state index contributed by atoms with van der Waals surface area (Å²) >= 11 is 5.90. The first-order chi connectivity index (χ1) is 9.19. The van der Waals surface area contributed by atoms with Crippen LogP contribution in [0, 0.1) is 6.92 Å². The Hall–Kier alpha value is -1.81. The van der Waals surface area contributed by atoms with Gasteiger partial charge in [0.1, 0.15) is 5.76 Å². The molecule has 5 heteroatoms. The standard InChI is InChI=1S/C14H15ClN2O2/c1-10-7-13(17-19-10)14(18)16-12(9-15)8-11-5-3-2-4-6-11/h2-7,12H,8-9H2,1H3,(H,16,18). The van der Waals surface area contributed by atoms with Crippen LogP contribution in [0.15, 0.2) is 40.9 Å². The lowest BCUT2D eigenvalue weighted by Crippen LogP contribution is -2.37. The lowest BCUT2D eigenvalue weighted by molar-refractivity contribution is 0.0931. The Balaban J connectivity index is 1.97. The summed E-state index contributed by atoms with van der Waals surface area (Å²) in [6.07, 6.45) is 0.687. The average molecular weight is 279 g/mol. The highest BCUT2D eigenvalue weighted by molar-refractivity contribution is 6.18. The molecule has 0 saturated carbocycles. The third-order valence-electron chi connectivity index (χ3n) is 2.71. The third kappa shape index (κ3) is 3.83. The summed E-state index contributed by atoms with van der Waals surface area (Å²) in [5.41, 5.74) is 1.41. The monoisotopic (exact) mass is 278 g/mol. The number of aryl methyl sites for hydroxylation is 1. The van der Waals surface area contributed by atoms with Gasteiger partial charge in [0.05, 0.1) is 0 Å². The van der Waals surface area contributed by atoms with Crippen molar-refractivity contribution in [1.82, 2.24) is 10.5 Å². The minimum Gasteiger partial charge on any atom is -0.361 e. The molecular formula is C14H15ClN2O2. The first-order valence-corrected chi connectivity index (χ1v) is 6.56. The predicted molar refractivity (Wildman–Crippen MR) is 73.4 cm³/mol. The number of carbonyl (C=O) groups excluding carboxylic acids is 1. The quantitative estimate of drug-likeness (QED) is 0.855. The molecule has 0 fully saturated rings. The highest BCUT2D eigenvalue weighted by Crippen LogP contribution is 2.06. The van der Waals surface area contributed by atoms with Crippen molar-refractivity contribution in [3.63, 3.8) is 0 Å². The first kappa shape index (κ1) is 13.6. The Morgan fingerprint density at radius 3 is 2.74 bits per heavy atom. The van der Waals surface area contributed by atoms with E-state index in [1.54, 1.807) is 13.0 Å². The molecule has 0 saturated heterocycles. The Morgan fingerprint density at radius 2 is 2.16 bits per heavy atom. The number of aromatic nitrogens is 1. The second kappa shape index (κ2) is 6.38. The number of rotatable bonds is 5. The van der Waals surface area contributed by atoms with Gasteiger partial charge in [0.2, 0.25) is 0 Å². The van der Waals surface area contributed by atoms with Gasteiger partial charge in [-0.05, 0) is 18.9 Å². The van der Waals surface area contributed by atoms with Gasteiger partial charge >= 0.3 is 0 Å². The molecule has 1 N–H and O–H groups in total. The van der Waals surface area contributed by atoms with Gasteiger partial charge in [0.25, 0.3) is 5.91 Å². The van der Waals surface area contributed by atoms with Crippen LogP contribution in [0.2, 0.25) is 0 Å². The summed E-state index contributed by atoms with van der Waals surface area (Å²) in [5, 5.41) is 6.53. The highest BCUT2D eigenvalue weighted by Gasteiger charge is 2.16.